The topological polar surface area (TPSA) is 23.9 Å². The van der Waals surface area contributed by atoms with E-state index in [2.05, 4.69) is 184 Å². The number of benzene rings is 4. The molecule has 1 heteroatoms. The van der Waals surface area contributed by atoms with Crippen LogP contribution in [-0.2, 0) is 11.8 Å². The summed E-state index contributed by atoms with van der Waals surface area (Å²) in [7, 11) is 0. The van der Waals surface area contributed by atoms with Crippen molar-refractivity contribution in [3.05, 3.63) is 226 Å². The van der Waals surface area contributed by atoms with Gasteiger partial charge in [-0.1, -0.05) is 170 Å². The summed E-state index contributed by atoms with van der Waals surface area (Å²) in [6.45, 7) is 6.42. The van der Waals surface area contributed by atoms with E-state index in [1.165, 1.54) is 50.1 Å². The van der Waals surface area contributed by atoms with Gasteiger partial charge in [-0.15, -0.1) is 0 Å². The number of hydrogen-bond acceptors (Lipinski definition) is 1. The Labute approximate surface area is 316 Å². The predicted octanol–water partition coefficient (Wildman–Crippen LogP) is 13.5. The summed E-state index contributed by atoms with van der Waals surface area (Å²) in [5.41, 5.74) is 14.9. The van der Waals surface area contributed by atoms with Gasteiger partial charge in [0, 0.05) is 16.9 Å². The maximum atomic E-state index is 9.12. The fourth-order valence-electron chi connectivity index (χ4n) is 8.21. The van der Waals surface area contributed by atoms with E-state index in [0.717, 1.165) is 42.4 Å². The SMILES string of the molecule is C/C=C\C(=N)c1ccc(-c2ccc(C3=CCCC(/C(=C/Cc4ccccc4)C4C=CC=CC4)=C3)cc2)cc1C1(C)C(=C\C)/C=C\C=C/c2ccccc21. The zero-order chi connectivity index (χ0) is 36.6. The second-order valence-electron chi connectivity index (χ2n) is 14.3. The van der Waals surface area contributed by atoms with Crippen molar-refractivity contribution in [2.24, 2.45) is 5.92 Å². The van der Waals surface area contributed by atoms with Gasteiger partial charge >= 0.3 is 0 Å². The maximum absolute atomic E-state index is 9.12. The van der Waals surface area contributed by atoms with E-state index >= 15 is 0 Å². The van der Waals surface area contributed by atoms with Crippen molar-refractivity contribution in [2.45, 2.75) is 51.9 Å². The van der Waals surface area contributed by atoms with Crippen LogP contribution in [0.3, 0.4) is 0 Å². The Morgan fingerprint density at radius 3 is 2.32 bits per heavy atom. The van der Waals surface area contributed by atoms with Gasteiger partial charge in [-0.3, -0.25) is 0 Å². The number of fused-ring (bicyclic) bond motifs is 1. The van der Waals surface area contributed by atoms with Gasteiger partial charge in [-0.05, 0) is 120 Å². The molecule has 262 valence electrons. The third-order valence-corrected chi connectivity index (χ3v) is 11.0. The zero-order valence-corrected chi connectivity index (χ0v) is 31.2. The molecule has 7 rings (SSSR count). The van der Waals surface area contributed by atoms with E-state index in [1.54, 1.807) is 0 Å². The van der Waals surface area contributed by atoms with Crippen molar-refractivity contribution >= 4 is 17.4 Å². The minimum atomic E-state index is -0.477. The van der Waals surface area contributed by atoms with Gasteiger partial charge < -0.3 is 5.41 Å². The molecule has 0 fully saturated rings. The molecule has 0 aliphatic heterocycles. The highest BCUT2D eigenvalue weighted by molar-refractivity contribution is 6.08. The molecule has 4 aromatic carbocycles. The Bertz CT molecular complexity index is 2260. The van der Waals surface area contributed by atoms with Crippen LogP contribution in [0.2, 0.25) is 0 Å². The highest BCUT2D eigenvalue weighted by Crippen LogP contribution is 2.45. The van der Waals surface area contributed by atoms with Crippen LogP contribution < -0.4 is 0 Å². The summed E-state index contributed by atoms with van der Waals surface area (Å²) in [4.78, 5) is 0. The number of hydrogen-bond donors (Lipinski definition) is 1. The van der Waals surface area contributed by atoms with Crippen LogP contribution in [0.1, 0.15) is 73.4 Å². The molecule has 0 saturated carbocycles. The molecule has 4 aromatic rings. The summed E-state index contributed by atoms with van der Waals surface area (Å²) in [5, 5.41) is 9.12. The van der Waals surface area contributed by atoms with E-state index in [-0.39, 0.29) is 0 Å². The van der Waals surface area contributed by atoms with Crippen LogP contribution >= 0.6 is 0 Å². The number of rotatable bonds is 9. The quantitative estimate of drug-likeness (QED) is 0.169. The summed E-state index contributed by atoms with van der Waals surface area (Å²) < 4.78 is 0. The molecular formula is C52H49N. The Kier molecular flexibility index (Phi) is 10.9. The van der Waals surface area contributed by atoms with Gasteiger partial charge in [0.2, 0.25) is 0 Å². The first-order valence-electron chi connectivity index (χ1n) is 19.1. The normalized spacial score (nSPS) is 21.8. The molecule has 0 radical (unpaired) electrons. The Hall–Kier alpha value is -5.79. The molecule has 0 amide bonds. The van der Waals surface area contributed by atoms with Crippen LogP contribution in [0, 0.1) is 11.3 Å². The molecule has 2 unspecified atom stereocenters. The molecular weight excluding hydrogens is 639 g/mol. The smallest absolute Gasteiger partial charge is 0.0612 e. The molecule has 0 aromatic heterocycles. The van der Waals surface area contributed by atoms with Gasteiger partial charge in [-0.25, -0.2) is 0 Å². The highest BCUT2D eigenvalue weighted by Gasteiger charge is 2.36. The monoisotopic (exact) mass is 687 g/mol. The molecule has 0 heterocycles. The summed E-state index contributed by atoms with van der Waals surface area (Å²) >= 11 is 0. The lowest BCUT2D eigenvalue weighted by Gasteiger charge is -2.36. The Balaban J connectivity index is 1.25. The van der Waals surface area contributed by atoms with E-state index in [0.29, 0.717) is 11.6 Å². The van der Waals surface area contributed by atoms with E-state index in [4.69, 9.17) is 5.41 Å². The minimum absolute atomic E-state index is 0.407. The molecule has 0 saturated heterocycles. The Morgan fingerprint density at radius 2 is 1.55 bits per heavy atom. The Morgan fingerprint density at radius 1 is 0.792 bits per heavy atom. The summed E-state index contributed by atoms with van der Waals surface area (Å²) in [6, 6.07) is 35.2. The number of nitrogens with one attached hydrogen (secondary N) is 1. The first kappa shape index (κ1) is 35.6. The number of allylic oxidation sites excluding steroid dienone is 17. The lowest BCUT2D eigenvalue weighted by Crippen LogP contribution is -2.29. The first-order chi connectivity index (χ1) is 26.0. The van der Waals surface area contributed by atoms with Crippen molar-refractivity contribution in [3.63, 3.8) is 0 Å². The molecule has 1 N–H and O–H groups in total. The largest absolute Gasteiger partial charge is 0.300 e. The van der Waals surface area contributed by atoms with Crippen LogP contribution in [0.5, 0.6) is 0 Å². The first-order valence-corrected chi connectivity index (χ1v) is 19.1. The summed E-state index contributed by atoms with van der Waals surface area (Å²) in [5.74, 6) is 0.407. The van der Waals surface area contributed by atoms with Crippen molar-refractivity contribution < 1.29 is 0 Å². The second kappa shape index (κ2) is 16.3. The van der Waals surface area contributed by atoms with Crippen molar-refractivity contribution in [3.8, 4) is 11.1 Å². The average Bonchev–Trinajstić information content (AvgIpc) is 3.21. The molecule has 53 heavy (non-hydrogen) atoms. The van der Waals surface area contributed by atoms with Gasteiger partial charge in [0.15, 0.2) is 0 Å². The molecule has 3 aliphatic rings. The van der Waals surface area contributed by atoms with Crippen molar-refractivity contribution in [2.75, 3.05) is 0 Å². The predicted molar refractivity (Wildman–Crippen MR) is 228 cm³/mol. The van der Waals surface area contributed by atoms with E-state index in [9.17, 15) is 0 Å². The van der Waals surface area contributed by atoms with Crippen molar-refractivity contribution in [1.82, 2.24) is 0 Å². The lowest BCUT2D eigenvalue weighted by atomic mass is 9.66. The van der Waals surface area contributed by atoms with Gasteiger partial charge in [0.05, 0.1) is 5.71 Å². The van der Waals surface area contributed by atoms with E-state index < -0.39 is 5.41 Å². The molecule has 0 spiro atoms. The highest BCUT2D eigenvalue weighted by atomic mass is 14.4. The van der Waals surface area contributed by atoms with Crippen LogP contribution in [0.4, 0.5) is 0 Å². The summed E-state index contributed by atoms with van der Waals surface area (Å²) in [6.07, 6.45) is 35.2. The fraction of sp³-hybridized carbons (Fsp3) is 0.173. The minimum Gasteiger partial charge on any atom is -0.300 e. The zero-order valence-electron chi connectivity index (χ0n) is 31.2. The molecule has 0 bridgehead atoms. The van der Waals surface area contributed by atoms with E-state index in [1.807, 2.05) is 19.1 Å². The van der Waals surface area contributed by atoms with Crippen LogP contribution in [0.25, 0.3) is 22.8 Å². The lowest BCUT2D eigenvalue weighted by molar-refractivity contribution is 0.686. The molecule has 3 aliphatic carbocycles. The average molecular weight is 688 g/mol. The third-order valence-electron chi connectivity index (χ3n) is 11.0. The molecule has 2 atom stereocenters. The van der Waals surface area contributed by atoms with Crippen LogP contribution in [-0.4, -0.2) is 5.71 Å². The van der Waals surface area contributed by atoms with Gasteiger partial charge in [0.1, 0.15) is 0 Å². The van der Waals surface area contributed by atoms with Gasteiger partial charge in [-0.2, -0.15) is 0 Å². The second-order valence-corrected chi connectivity index (χ2v) is 14.3. The third kappa shape index (κ3) is 7.57. The standard InChI is InChI=1S/C52H49N/c1-4-17-51(53)48-35-33-44(37-50(48)52(3)46(5-2)26-14-12-22-42-23-13-15-27-49(42)52)40-31-29-39(30-32-40)43-24-16-25-45(36-43)47(41-20-10-7-11-21-41)34-28-38-18-8-6-9-19-38/h4-15,17-20,22-24,26-27,29-37,41,53H,16,21,25,28H2,1-3H3/b17-4-,22-12-,26-14-,46-5-,47-34+,53-51?. The van der Waals surface area contributed by atoms with Crippen molar-refractivity contribution in [1.29, 1.82) is 5.41 Å². The fourth-order valence-corrected chi connectivity index (χ4v) is 8.21. The maximum Gasteiger partial charge on any atom is 0.0612 e. The van der Waals surface area contributed by atoms with Gasteiger partial charge in [0.25, 0.3) is 0 Å². The molecule has 1 nitrogen and oxygen atoms in total. The van der Waals surface area contributed by atoms with Crippen LogP contribution in [0.15, 0.2) is 193 Å².